The highest BCUT2D eigenvalue weighted by molar-refractivity contribution is 7.92. The molecule has 0 amide bonds. The van der Waals surface area contributed by atoms with E-state index in [4.69, 9.17) is 4.74 Å². The lowest BCUT2D eigenvalue weighted by Gasteiger charge is -2.30. The molecule has 8 heteroatoms. The van der Waals surface area contributed by atoms with Crippen molar-refractivity contribution in [1.29, 1.82) is 5.26 Å². The maximum atomic E-state index is 12.6. The average Bonchev–Trinajstić information content (AvgIpc) is 3.04. The lowest BCUT2D eigenvalue weighted by Crippen LogP contribution is -2.18. The number of alkyl halides is 1. The molecule has 32 heavy (non-hydrogen) atoms. The van der Waals surface area contributed by atoms with Gasteiger partial charge in [0.15, 0.2) is 0 Å². The van der Waals surface area contributed by atoms with Crippen LogP contribution in [0.25, 0.3) is 22.2 Å². The zero-order valence-corrected chi connectivity index (χ0v) is 18.8. The Kier molecular flexibility index (Phi) is 6.38. The second kappa shape index (κ2) is 9.21. The number of benzene rings is 2. The monoisotopic (exact) mass is 455 g/mol. The van der Waals surface area contributed by atoms with Crippen LogP contribution in [-0.4, -0.2) is 32.0 Å². The number of rotatable bonds is 9. The minimum atomic E-state index is -3.37. The Morgan fingerprint density at radius 1 is 1.22 bits per heavy atom. The number of fused-ring (bicyclic) bond motifs is 1. The number of hydrogen-bond donors (Lipinski definition) is 1. The highest BCUT2D eigenvalue weighted by atomic mass is 32.2. The minimum Gasteiger partial charge on any atom is -0.491 e. The molecule has 0 radical (unpaired) electrons. The Morgan fingerprint density at radius 3 is 2.56 bits per heavy atom. The maximum Gasteiger partial charge on any atom is 0.232 e. The van der Waals surface area contributed by atoms with Crippen molar-refractivity contribution in [3.05, 3.63) is 48.0 Å². The number of aromatic nitrogens is 1. The molecule has 1 aliphatic carbocycles. The number of nitriles is 1. The van der Waals surface area contributed by atoms with Crippen molar-refractivity contribution in [3.63, 3.8) is 0 Å². The molecule has 1 heterocycles. The summed E-state index contributed by atoms with van der Waals surface area (Å²) in [6, 6.07) is 15.3. The lowest BCUT2D eigenvalue weighted by atomic mass is 9.92. The highest BCUT2D eigenvalue weighted by Gasteiger charge is 2.28. The van der Waals surface area contributed by atoms with E-state index < -0.39 is 16.7 Å². The molecule has 1 fully saturated rings. The van der Waals surface area contributed by atoms with Gasteiger partial charge in [0, 0.05) is 23.2 Å². The van der Waals surface area contributed by atoms with Crippen LogP contribution in [0.3, 0.4) is 0 Å². The molecule has 2 aromatic carbocycles. The number of sulfonamides is 1. The maximum absolute atomic E-state index is 12.6. The number of hydrogen-bond acceptors (Lipinski definition) is 4. The lowest BCUT2D eigenvalue weighted by molar-refractivity contribution is 0.273. The Balaban J connectivity index is 1.80. The molecule has 0 atom stereocenters. The Bertz CT molecular complexity index is 1260. The van der Waals surface area contributed by atoms with Gasteiger partial charge >= 0.3 is 0 Å². The molecule has 4 rings (SSSR count). The summed E-state index contributed by atoms with van der Waals surface area (Å²) >= 11 is 0. The summed E-state index contributed by atoms with van der Waals surface area (Å²) in [4.78, 5) is 0. The van der Waals surface area contributed by atoms with E-state index in [9.17, 15) is 18.1 Å². The molecule has 1 saturated carbocycles. The predicted molar refractivity (Wildman–Crippen MR) is 124 cm³/mol. The van der Waals surface area contributed by atoms with Crippen molar-refractivity contribution >= 4 is 26.6 Å². The standard InChI is InChI=1S/C24H26FN3O3S/c1-2-14-32(29,30)27-18-8-6-17(7-9-18)24-22(16-26)21-11-10-20(31-13-12-25)15-23(21)28(24)19-4-3-5-19/h6-11,15,19,27H,2-5,12-14H2,1H3. The SMILES string of the molecule is CCCS(=O)(=O)Nc1ccc(-c2c(C#N)c3ccc(OCCF)cc3n2C2CCC2)cc1. The second-order valence-corrected chi connectivity index (χ2v) is 9.85. The van der Waals surface area contributed by atoms with Gasteiger partial charge in [0.1, 0.15) is 25.1 Å². The Labute approximate surface area is 187 Å². The third-order valence-electron chi connectivity index (χ3n) is 5.78. The van der Waals surface area contributed by atoms with E-state index in [0.717, 1.165) is 41.4 Å². The van der Waals surface area contributed by atoms with Crippen molar-refractivity contribution in [2.24, 2.45) is 0 Å². The smallest absolute Gasteiger partial charge is 0.232 e. The van der Waals surface area contributed by atoms with E-state index in [2.05, 4.69) is 15.4 Å². The third-order valence-corrected chi connectivity index (χ3v) is 7.27. The van der Waals surface area contributed by atoms with Gasteiger partial charge in [-0.2, -0.15) is 5.26 Å². The summed E-state index contributed by atoms with van der Waals surface area (Å²) in [7, 11) is -3.37. The van der Waals surface area contributed by atoms with Crippen LogP contribution in [0.5, 0.6) is 5.75 Å². The van der Waals surface area contributed by atoms with Gasteiger partial charge in [0.2, 0.25) is 10.0 Å². The summed E-state index contributed by atoms with van der Waals surface area (Å²) in [5, 5.41) is 10.8. The zero-order valence-electron chi connectivity index (χ0n) is 18.0. The number of anilines is 1. The van der Waals surface area contributed by atoms with Gasteiger partial charge in [-0.1, -0.05) is 19.1 Å². The average molecular weight is 456 g/mol. The van der Waals surface area contributed by atoms with Gasteiger partial charge in [-0.3, -0.25) is 4.72 Å². The molecule has 3 aromatic rings. The van der Waals surface area contributed by atoms with Gasteiger partial charge in [-0.25, -0.2) is 12.8 Å². The fourth-order valence-electron chi connectivity index (χ4n) is 4.15. The molecule has 0 spiro atoms. The zero-order chi connectivity index (χ0) is 22.7. The Hall–Kier alpha value is -3.05. The number of nitrogens with one attached hydrogen (secondary N) is 1. The molecular weight excluding hydrogens is 429 g/mol. The van der Waals surface area contributed by atoms with Gasteiger partial charge in [0.05, 0.1) is 22.5 Å². The van der Waals surface area contributed by atoms with E-state index in [1.54, 1.807) is 18.2 Å². The van der Waals surface area contributed by atoms with Crippen molar-refractivity contribution in [2.45, 2.75) is 38.6 Å². The topological polar surface area (TPSA) is 84.1 Å². The fourth-order valence-corrected chi connectivity index (χ4v) is 5.29. The number of nitrogens with zero attached hydrogens (tertiary/aromatic N) is 2. The van der Waals surface area contributed by atoms with Crippen LogP contribution in [-0.2, 0) is 10.0 Å². The van der Waals surface area contributed by atoms with Crippen LogP contribution in [0.4, 0.5) is 10.1 Å². The summed E-state index contributed by atoms with van der Waals surface area (Å²) in [6.45, 7) is 1.24. The normalized spacial score (nSPS) is 14.2. The fraction of sp³-hybridized carbons (Fsp3) is 0.375. The summed E-state index contributed by atoms with van der Waals surface area (Å²) < 4.78 is 47.0. The first-order chi connectivity index (χ1) is 15.5. The quantitative estimate of drug-likeness (QED) is 0.468. The van der Waals surface area contributed by atoms with E-state index in [1.807, 2.05) is 31.2 Å². The molecule has 0 bridgehead atoms. The summed E-state index contributed by atoms with van der Waals surface area (Å²) in [6.07, 6.45) is 3.71. The van der Waals surface area contributed by atoms with Crippen LogP contribution in [0, 0.1) is 11.3 Å². The first kappa shape index (κ1) is 22.2. The third kappa shape index (κ3) is 4.30. The van der Waals surface area contributed by atoms with Crippen molar-refractivity contribution < 1.29 is 17.5 Å². The summed E-state index contributed by atoms with van der Waals surface area (Å²) in [5.41, 5.74) is 3.62. The minimum absolute atomic E-state index is 0.0109. The van der Waals surface area contributed by atoms with Crippen LogP contribution < -0.4 is 9.46 Å². The van der Waals surface area contributed by atoms with Crippen molar-refractivity contribution in [3.8, 4) is 23.1 Å². The first-order valence-corrected chi connectivity index (χ1v) is 12.5. The molecule has 0 unspecified atom stereocenters. The highest BCUT2D eigenvalue weighted by Crippen LogP contribution is 2.43. The van der Waals surface area contributed by atoms with Crippen LogP contribution in [0.15, 0.2) is 42.5 Å². The molecular formula is C24H26FN3O3S. The van der Waals surface area contributed by atoms with E-state index in [1.165, 1.54) is 0 Å². The van der Waals surface area contributed by atoms with Crippen LogP contribution in [0.2, 0.25) is 0 Å². The van der Waals surface area contributed by atoms with E-state index >= 15 is 0 Å². The molecule has 1 aliphatic rings. The predicted octanol–water partition coefficient (Wildman–Crippen LogP) is 5.40. The molecule has 1 N–H and O–H groups in total. The van der Waals surface area contributed by atoms with Gasteiger partial charge < -0.3 is 9.30 Å². The molecule has 6 nitrogen and oxygen atoms in total. The van der Waals surface area contributed by atoms with Gasteiger partial charge in [-0.05, 0) is 55.5 Å². The van der Waals surface area contributed by atoms with Crippen LogP contribution in [0.1, 0.15) is 44.2 Å². The Morgan fingerprint density at radius 2 is 1.97 bits per heavy atom. The van der Waals surface area contributed by atoms with Gasteiger partial charge in [-0.15, -0.1) is 0 Å². The molecule has 0 saturated heterocycles. The number of ether oxygens (including phenoxy) is 1. The van der Waals surface area contributed by atoms with E-state index in [-0.39, 0.29) is 18.4 Å². The number of halogens is 1. The largest absolute Gasteiger partial charge is 0.491 e. The van der Waals surface area contributed by atoms with Crippen molar-refractivity contribution in [1.82, 2.24) is 4.57 Å². The van der Waals surface area contributed by atoms with Gasteiger partial charge in [0.25, 0.3) is 0 Å². The van der Waals surface area contributed by atoms with Crippen molar-refractivity contribution in [2.75, 3.05) is 23.8 Å². The molecule has 0 aliphatic heterocycles. The summed E-state index contributed by atoms with van der Waals surface area (Å²) in [5.74, 6) is 0.640. The van der Waals surface area contributed by atoms with E-state index in [0.29, 0.717) is 23.4 Å². The molecule has 168 valence electrons. The van der Waals surface area contributed by atoms with Crippen LogP contribution >= 0.6 is 0 Å². The second-order valence-electron chi connectivity index (χ2n) is 8.00. The first-order valence-electron chi connectivity index (χ1n) is 10.8. The molecule has 1 aromatic heterocycles.